The summed E-state index contributed by atoms with van der Waals surface area (Å²) in [5.41, 5.74) is 1.89. The average molecular weight is 341 g/mol. The van der Waals surface area contributed by atoms with Crippen LogP contribution in [0.25, 0.3) is 0 Å². The van der Waals surface area contributed by atoms with Crippen molar-refractivity contribution in [1.82, 2.24) is 4.90 Å². The summed E-state index contributed by atoms with van der Waals surface area (Å²) in [4.78, 5) is 14.0. The third-order valence-electron chi connectivity index (χ3n) is 3.66. The number of hydrogen-bond donors (Lipinski definition) is 2. The summed E-state index contributed by atoms with van der Waals surface area (Å²) in [6, 6.07) is 5.80. The van der Waals surface area contributed by atoms with E-state index in [9.17, 15) is 9.90 Å². The van der Waals surface area contributed by atoms with E-state index in [0.717, 1.165) is 35.1 Å². The molecule has 0 atom stereocenters. The van der Waals surface area contributed by atoms with Gasteiger partial charge in [0, 0.05) is 16.7 Å². The fourth-order valence-corrected chi connectivity index (χ4v) is 3.03. The number of carbonyl (C=O) groups is 1. The van der Waals surface area contributed by atoms with Gasteiger partial charge in [0.15, 0.2) is 0 Å². The number of aryl methyl sites for hydroxylation is 1. The van der Waals surface area contributed by atoms with Gasteiger partial charge in [0.1, 0.15) is 0 Å². The van der Waals surface area contributed by atoms with Crippen molar-refractivity contribution in [3.63, 3.8) is 0 Å². The Bertz CT molecular complexity index is 487. The molecule has 0 unspecified atom stereocenters. The van der Waals surface area contributed by atoms with Crippen LogP contribution in [0.15, 0.2) is 22.7 Å². The number of amides is 1. The maximum Gasteiger partial charge on any atom is 0.238 e. The van der Waals surface area contributed by atoms with Crippen LogP contribution in [-0.2, 0) is 4.79 Å². The van der Waals surface area contributed by atoms with Crippen LogP contribution in [0.3, 0.4) is 0 Å². The molecule has 1 aromatic rings. The lowest BCUT2D eigenvalue weighted by Gasteiger charge is -2.34. The monoisotopic (exact) mass is 340 g/mol. The number of hydrogen-bond acceptors (Lipinski definition) is 3. The van der Waals surface area contributed by atoms with Crippen LogP contribution in [0.1, 0.15) is 18.4 Å². The lowest BCUT2D eigenvalue weighted by Crippen LogP contribution is -2.40. The molecule has 0 saturated heterocycles. The number of nitrogens with zero attached hydrogens (tertiary/aromatic N) is 1. The molecule has 0 bridgehead atoms. The molecule has 1 aliphatic rings. The van der Waals surface area contributed by atoms with Crippen molar-refractivity contribution in [2.75, 3.05) is 25.5 Å². The van der Waals surface area contributed by atoms with Gasteiger partial charge in [-0.05, 0) is 56.5 Å². The summed E-state index contributed by atoms with van der Waals surface area (Å²) < 4.78 is 1.01. The molecular weight excluding hydrogens is 320 g/mol. The van der Waals surface area contributed by atoms with Gasteiger partial charge in [0.2, 0.25) is 5.91 Å². The molecule has 0 aromatic heterocycles. The Morgan fingerprint density at radius 3 is 2.80 bits per heavy atom. The Morgan fingerprint density at radius 1 is 1.50 bits per heavy atom. The second kappa shape index (κ2) is 6.70. The van der Waals surface area contributed by atoms with Gasteiger partial charge in [0.25, 0.3) is 0 Å². The summed E-state index contributed by atoms with van der Waals surface area (Å²) >= 11 is 3.41. The van der Waals surface area contributed by atoms with Crippen molar-refractivity contribution >= 4 is 27.5 Å². The van der Waals surface area contributed by atoms with E-state index in [-0.39, 0.29) is 12.0 Å². The fourth-order valence-electron chi connectivity index (χ4n) is 2.56. The zero-order valence-corrected chi connectivity index (χ0v) is 13.5. The van der Waals surface area contributed by atoms with Crippen LogP contribution in [-0.4, -0.2) is 42.2 Å². The van der Waals surface area contributed by atoms with Crippen molar-refractivity contribution in [2.24, 2.45) is 5.92 Å². The van der Waals surface area contributed by atoms with E-state index in [1.165, 1.54) is 0 Å². The molecule has 4 nitrogen and oxygen atoms in total. The van der Waals surface area contributed by atoms with Crippen molar-refractivity contribution in [3.05, 3.63) is 28.2 Å². The van der Waals surface area contributed by atoms with Crippen LogP contribution in [0.5, 0.6) is 0 Å². The number of anilines is 1. The van der Waals surface area contributed by atoms with E-state index in [2.05, 4.69) is 21.2 Å². The maximum absolute atomic E-state index is 12.0. The van der Waals surface area contributed by atoms with Gasteiger partial charge < -0.3 is 10.4 Å². The number of rotatable bonds is 5. The quantitative estimate of drug-likeness (QED) is 0.865. The second-order valence-corrected chi connectivity index (χ2v) is 6.61. The number of aliphatic hydroxyl groups excluding tert-OH is 1. The molecule has 0 aliphatic heterocycles. The van der Waals surface area contributed by atoms with Crippen LogP contribution in [0, 0.1) is 12.8 Å². The summed E-state index contributed by atoms with van der Waals surface area (Å²) in [6.45, 7) is 3.21. The summed E-state index contributed by atoms with van der Waals surface area (Å²) in [5.74, 6) is 0.523. The van der Waals surface area contributed by atoms with Crippen LogP contribution < -0.4 is 5.32 Å². The smallest absolute Gasteiger partial charge is 0.238 e. The number of nitrogens with one attached hydrogen (secondary N) is 1. The van der Waals surface area contributed by atoms with Crippen LogP contribution in [0.4, 0.5) is 5.69 Å². The third-order valence-corrected chi connectivity index (χ3v) is 4.15. The zero-order valence-electron chi connectivity index (χ0n) is 11.9. The number of halogens is 1. The highest BCUT2D eigenvalue weighted by Crippen LogP contribution is 2.27. The lowest BCUT2D eigenvalue weighted by atomic mass is 9.82. The fraction of sp³-hybridized carbons (Fsp3) is 0.533. The SMILES string of the molecule is Cc1cc(Br)ccc1NC(=O)CN(C)CC1CC(O)C1. The van der Waals surface area contributed by atoms with Gasteiger partial charge in [0.05, 0.1) is 12.6 Å². The Morgan fingerprint density at radius 2 is 2.20 bits per heavy atom. The third kappa shape index (κ3) is 4.30. The highest BCUT2D eigenvalue weighted by Gasteiger charge is 2.28. The molecule has 2 rings (SSSR count). The summed E-state index contributed by atoms with van der Waals surface area (Å²) in [5, 5.41) is 12.2. The first-order valence-electron chi connectivity index (χ1n) is 6.86. The maximum atomic E-state index is 12.0. The molecular formula is C15H21BrN2O2. The van der Waals surface area contributed by atoms with Gasteiger partial charge in [-0.25, -0.2) is 0 Å². The molecule has 0 radical (unpaired) electrons. The first-order chi connectivity index (χ1) is 9.44. The lowest BCUT2D eigenvalue weighted by molar-refractivity contribution is -0.117. The Balaban J connectivity index is 1.79. The molecule has 1 fully saturated rings. The van der Waals surface area contributed by atoms with Crippen LogP contribution in [0.2, 0.25) is 0 Å². The first-order valence-corrected chi connectivity index (χ1v) is 7.66. The second-order valence-electron chi connectivity index (χ2n) is 5.70. The number of likely N-dealkylation sites (N-methyl/N-ethyl adjacent to an activating group) is 1. The van der Waals surface area contributed by atoms with Gasteiger partial charge in [-0.2, -0.15) is 0 Å². The van der Waals surface area contributed by atoms with E-state index in [1.54, 1.807) is 0 Å². The number of benzene rings is 1. The zero-order chi connectivity index (χ0) is 14.7. The highest BCUT2D eigenvalue weighted by atomic mass is 79.9. The molecule has 1 amide bonds. The van der Waals surface area contributed by atoms with E-state index < -0.39 is 0 Å². The number of aliphatic hydroxyl groups is 1. The minimum absolute atomic E-state index is 0.00204. The molecule has 0 spiro atoms. The Labute approximate surface area is 128 Å². The predicted octanol–water partition coefficient (Wildman–Crippen LogP) is 2.40. The van der Waals surface area contributed by atoms with Gasteiger partial charge in [-0.1, -0.05) is 15.9 Å². The normalized spacial score (nSPS) is 21.6. The first kappa shape index (κ1) is 15.5. The highest BCUT2D eigenvalue weighted by molar-refractivity contribution is 9.10. The summed E-state index contributed by atoms with van der Waals surface area (Å²) in [7, 11) is 1.94. The van der Waals surface area contributed by atoms with Crippen LogP contribution >= 0.6 is 15.9 Å². The van der Waals surface area contributed by atoms with Gasteiger partial charge >= 0.3 is 0 Å². The Hall–Kier alpha value is -0.910. The standard InChI is InChI=1S/C15H21BrN2O2/c1-10-5-12(16)3-4-14(10)17-15(20)9-18(2)8-11-6-13(19)7-11/h3-5,11,13,19H,6-9H2,1-2H3,(H,17,20). The largest absolute Gasteiger partial charge is 0.393 e. The molecule has 5 heteroatoms. The average Bonchev–Trinajstić information content (AvgIpc) is 2.30. The molecule has 110 valence electrons. The molecule has 1 aliphatic carbocycles. The van der Waals surface area contributed by atoms with E-state index >= 15 is 0 Å². The minimum atomic E-state index is -0.132. The molecule has 1 saturated carbocycles. The number of carbonyl (C=O) groups excluding carboxylic acids is 1. The van der Waals surface area contributed by atoms with Crippen molar-refractivity contribution in [3.8, 4) is 0 Å². The Kier molecular flexibility index (Phi) is 5.18. The van der Waals surface area contributed by atoms with E-state index in [4.69, 9.17) is 0 Å². The summed E-state index contributed by atoms with van der Waals surface area (Å²) in [6.07, 6.45) is 1.59. The molecule has 2 N–H and O–H groups in total. The van der Waals surface area contributed by atoms with Crippen molar-refractivity contribution in [1.29, 1.82) is 0 Å². The minimum Gasteiger partial charge on any atom is -0.393 e. The van der Waals surface area contributed by atoms with Crippen molar-refractivity contribution in [2.45, 2.75) is 25.9 Å². The van der Waals surface area contributed by atoms with Gasteiger partial charge in [-0.15, -0.1) is 0 Å². The van der Waals surface area contributed by atoms with Gasteiger partial charge in [-0.3, -0.25) is 9.69 Å². The molecule has 0 heterocycles. The molecule has 20 heavy (non-hydrogen) atoms. The van der Waals surface area contributed by atoms with E-state index in [1.807, 2.05) is 37.1 Å². The topological polar surface area (TPSA) is 52.6 Å². The van der Waals surface area contributed by atoms with Crippen molar-refractivity contribution < 1.29 is 9.90 Å². The molecule has 1 aromatic carbocycles. The predicted molar refractivity (Wildman–Crippen MR) is 83.7 cm³/mol. The van der Waals surface area contributed by atoms with E-state index in [0.29, 0.717) is 12.5 Å².